The van der Waals surface area contributed by atoms with Gasteiger partial charge in [-0.2, -0.15) is 0 Å². The number of hydrogen-bond donors (Lipinski definition) is 1. The van der Waals surface area contributed by atoms with E-state index < -0.39 is 9.84 Å². The minimum Gasteiger partial charge on any atom is -0.383 e. The van der Waals surface area contributed by atoms with Gasteiger partial charge in [0.15, 0.2) is 9.84 Å². The fourth-order valence-electron chi connectivity index (χ4n) is 1.74. The summed E-state index contributed by atoms with van der Waals surface area (Å²) in [5, 5.41) is 3.36. The van der Waals surface area contributed by atoms with Crippen molar-refractivity contribution in [3.05, 3.63) is 53.0 Å². The van der Waals surface area contributed by atoms with E-state index in [1.165, 1.54) is 6.26 Å². The highest BCUT2D eigenvalue weighted by atomic mass is 79.9. The maximum absolute atomic E-state index is 11.4. The van der Waals surface area contributed by atoms with Crippen molar-refractivity contribution in [1.82, 2.24) is 0 Å². The molecule has 0 spiro atoms. The largest absolute Gasteiger partial charge is 0.383 e. The maximum atomic E-state index is 11.4. The molecule has 21 heavy (non-hydrogen) atoms. The second-order valence-electron chi connectivity index (χ2n) is 4.50. The van der Waals surface area contributed by atoms with E-state index in [4.69, 9.17) is 0 Å². The second kappa shape index (κ2) is 7.33. The van der Waals surface area contributed by atoms with E-state index in [9.17, 15) is 8.42 Å². The first-order valence-electron chi connectivity index (χ1n) is 6.38. The number of nitrogens with one attached hydrogen (secondary N) is 1. The molecule has 6 heteroatoms. The standard InChI is InChI=1S/C15H16BrNO2S2/c1-21(18,19)13-8-6-12(7-9-13)20-11-10-17-15-5-3-2-4-14(15)16/h2-9,17H,10-11H2,1H3. The van der Waals surface area contributed by atoms with Crippen LogP contribution in [0.3, 0.4) is 0 Å². The Labute approximate surface area is 138 Å². The Morgan fingerprint density at radius 1 is 1.10 bits per heavy atom. The number of halogens is 1. The fourth-order valence-corrected chi connectivity index (χ4v) is 3.57. The van der Waals surface area contributed by atoms with Crippen LogP contribution in [-0.2, 0) is 9.84 Å². The Hall–Kier alpha value is -0.980. The van der Waals surface area contributed by atoms with Gasteiger partial charge in [-0.25, -0.2) is 8.42 Å². The third-order valence-corrected chi connectivity index (χ3v) is 5.65. The minimum atomic E-state index is -3.11. The molecule has 0 atom stereocenters. The van der Waals surface area contributed by atoms with E-state index in [1.54, 1.807) is 23.9 Å². The normalized spacial score (nSPS) is 11.3. The van der Waals surface area contributed by atoms with Gasteiger partial charge in [0.2, 0.25) is 0 Å². The van der Waals surface area contributed by atoms with Crippen LogP contribution < -0.4 is 5.32 Å². The van der Waals surface area contributed by atoms with Crippen molar-refractivity contribution < 1.29 is 8.42 Å². The van der Waals surface area contributed by atoms with E-state index in [2.05, 4.69) is 21.2 Å². The minimum absolute atomic E-state index is 0.359. The van der Waals surface area contributed by atoms with Gasteiger partial charge >= 0.3 is 0 Å². The lowest BCUT2D eigenvalue weighted by Gasteiger charge is -2.08. The molecule has 0 heterocycles. The number of para-hydroxylation sites is 1. The monoisotopic (exact) mass is 385 g/mol. The summed E-state index contributed by atoms with van der Waals surface area (Å²) in [5.41, 5.74) is 1.07. The molecule has 0 saturated heterocycles. The van der Waals surface area contributed by atoms with E-state index in [-0.39, 0.29) is 0 Å². The molecule has 2 aromatic carbocycles. The maximum Gasteiger partial charge on any atom is 0.175 e. The van der Waals surface area contributed by atoms with Gasteiger partial charge in [0.05, 0.1) is 4.90 Å². The second-order valence-corrected chi connectivity index (χ2v) is 8.54. The van der Waals surface area contributed by atoms with Gasteiger partial charge in [-0.1, -0.05) is 12.1 Å². The first-order valence-corrected chi connectivity index (χ1v) is 10.0. The van der Waals surface area contributed by atoms with Crippen LogP contribution in [0.15, 0.2) is 62.8 Å². The zero-order valence-corrected chi connectivity index (χ0v) is 14.8. The van der Waals surface area contributed by atoms with Gasteiger partial charge in [0, 0.05) is 33.6 Å². The summed E-state index contributed by atoms with van der Waals surface area (Å²) < 4.78 is 23.8. The van der Waals surface area contributed by atoms with Crippen molar-refractivity contribution in [3.8, 4) is 0 Å². The molecule has 0 aliphatic carbocycles. The molecule has 1 N–H and O–H groups in total. The Bertz CT molecular complexity index is 700. The Balaban J connectivity index is 1.83. The molecule has 0 unspecified atom stereocenters. The number of rotatable bonds is 6. The van der Waals surface area contributed by atoms with Gasteiger partial charge in [-0.3, -0.25) is 0 Å². The Kier molecular flexibility index (Phi) is 5.72. The number of anilines is 1. The third-order valence-electron chi connectivity index (χ3n) is 2.81. The van der Waals surface area contributed by atoms with E-state index >= 15 is 0 Å². The average molecular weight is 386 g/mol. The van der Waals surface area contributed by atoms with Crippen molar-refractivity contribution in [1.29, 1.82) is 0 Å². The molecule has 112 valence electrons. The summed E-state index contributed by atoms with van der Waals surface area (Å²) in [6.45, 7) is 0.834. The molecule has 0 aliphatic heterocycles. The van der Waals surface area contributed by atoms with Crippen molar-refractivity contribution in [2.75, 3.05) is 23.9 Å². The van der Waals surface area contributed by atoms with Crippen LogP contribution in [0.1, 0.15) is 0 Å². The van der Waals surface area contributed by atoms with Crippen LogP contribution >= 0.6 is 27.7 Å². The van der Waals surface area contributed by atoms with Gasteiger partial charge < -0.3 is 5.32 Å². The summed E-state index contributed by atoms with van der Waals surface area (Å²) in [6.07, 6.45) is 1.22. The first-order chi connectivity index (χ1) is 9.97. The lowest BCUT2D eigenvalue weighted by Crippen LogP contribution is -2.04. The molecular weight excluding hydrogens is 370 g/mol. The van der Waals surface area contributed by atoms with Crippen molar-refractivity contribution in [2.24, 2.45) is 0 Å². The third kappa shape index (κ3) is 5.05. The van der Waals surface area contributed by atoms with E-state index in [0.717, 1.165) is 27.4 Å². The predicted octanol–water partition coefficient (Wildman–Crippen LogP) is 4.06. The zero-order chi connectivity index (χ0) is 15.3. The van der Waals surface area contributed by atoms with E-state index in [1.807, 2.05) is 36.4 Å². The molecule has 3 nitrogen and oxygen atoms in total. The van der Waals surface area contributed by atoms with Gasteiger partial charge in [-0.05, 0) is 52.3 Å². The summed E-state index contributed by atoms with van der Waals surface area (Å²) in [7, 11) is -3.11. The highest BCUT2D eigenvalue weighted by Gasteiger charge is 2.06. The van der Waals surface area contributed by atoms with Crippen molar-refractivity contribution in [3.63, 3.8) is 0 Å². The number of hydrogen-bond acceptors (Lipinski definition) is 4. The lowest BCUT2D eigenvalue weighted by molar-refractivity contribution is 0.602. The molecule has 0 bridgehead atoms. The van der Waals surface area contributed by atoms with Crippen LogP contribution in [-0.4, -0.2) is 27.0 Å². The predicted molar refractivity (Wildman–Crippen MR) is 92.9 cm³/mol. The van der Waals surface area contributed by atoms with Gasteiger partial charge in [0.1, 0.15) is 0 Å². The zero-order valence-electron chi connectivity index (χ0n) is 11.5. The SMILES string of the molecule is CS(=O)(=O)c1ccc(SCCNc2ccccc2Br)cc1. The molecule has 0 aliphatic rings. The highest BCUT2D eigenvalue weighted by Crippen LogP contribution is 2.23. The summed E-state index contributed by atoms with van der Waals surface area (Å²) >= 11 is 5.19. The molecule has 2 rings (SSSR count). The average Bonchev–Trinajstić information content (AvgIpc) is 2.45. The molecule has 0 amide bonds. The van der Waals surface area contributed by atoms with Crippen LogP contribution in [0.4, 0.5) is 5.69 Å². The van der Waals surface area contributed by atoms with Gasteiger partial charge in [-0.15, -0.1) is 11.8 Å². The summed E-state index contributed by atoms with van der Waals surface area (Å²) in [5.74, 6) is 0.902. The molecule has 2 aromatic rings. The fraction of sp³-hybridized carbons (Fsp3) is 0.200. The summed E-state index contributed by atoms with van der Waals surface area (Å²) in [4.78, 5) is 1.43. The number of thioether (sulfide) groups is 1. The topological polar surface area (TPSA) is 46.2 Å². The Morgan fingerprint density at radius 3 is 2.38 bits per heavy atom. The van der Waals surface area contributed by atoms with Crippen LogP contribution in [0.5, 0.6) is 0 Å². The van der Waals surface area contributed by atoms with Crippen molar-refractivity contribution >= 4 is 43.2 Å². The molecule has 0 radical (unpaired) electrons. The molecule has 0 fully saturated rings. The molecular formula is C15H16BrNO2S2. The lowest BCUT2D eigenvalue weighted by atomic mass is 10.3. The molecule has 0 saturated carbocycles. The molecule has 0 aromatic heterocycles. The number of sulfone groups is 1. The highest BCUT2D eigenvalue weighted by molar-refractivity contribution is 9.10. The van der Waals surface area contributed by atoms with Crippen LogP contribution in [0.2, 0.25) is 0 Å². The summed E-state index contributed by atoms with van der Waals surface area (Å²) in [6, 6.07) is 15.0. The number of benzene rings is 2. The van der Waals surface area contributed by atoms with Crippen LogP contribution in [0, 0.1) is 0 Å². The van der Waals surface area contributed by atoms with Crippen LogP contribution in [0.25, 0.3) is 0 Å². The van der Waals surface area contributed by atoms with Crippen molar-refractivity contribution in [2.45, 2.75) is 9.79 Å². The first kappa shape index (κ1) is 16.4. The van der Waals surface area contributed by atoms with E-state index in [0.29, 0.717) is 4.90 Å². The van der Waals surface area contributed by atoms with Gasteiger partial charge in [0.25, 0.3) is 0 Å². The quantitative estimate of drug-likeness (QED) is 0.601. The smallest absolute Gasteiger partial charge is 0.175 e. The Morgan fingerprint density at radius 2 is 1.76 bits per heavy atom.